The van der Waals surface area contributed by atoms with Crippen molar-refractivity contribution in [3.63, 3.8) is 0 Å². The second-order valence-corrected chi connectivity index (χ2v) is 10.2. The fraction of sp³-hybridized carbons (Fsp3) is 0.148. The molecular weight excluding hydrogens is 524 g/mol. The van der Waals surface area contributed by atoms with Crippen LogP contribution in [0.5, 0.6) is 22.4 Å². The molecule has 5 heterocycles. The van der Waals surface area contributed by atoms with E-state index in [1.165, 1.54) is 11.3 Å². The van der Waals surface area contributed by atoms with Crippen LogP contribution in [0.4, 0.5) is 0 Å². The standard InChI is InChI=1S/C27H20N4O5S2/c1-32-16-9-22(19-11-24(36-23(19)10-16)20-12-28-26-31(20)30-27(33-2)38-26)35-13-15-14-37-25(29-15)18-7-8-34-21-6-4-3-5-17(18)21/h3-7,9-12,14H,8,13H2,1-2H3. The van der Waals surface area contributed by atoms with Gasteiger partial charge < -0.3 is 23.4 Å². The molecule has 38 heavy (non-hydrogen) atoms. The molecule has 6 aromatic rings. The maximum atomic E-state index is 6.26. The highest BCUT2D eigenvalue weighted by Crippen LogP contribution is 2.39. The van der Waals surface area contributed by atoms with Gasteiger partial charge in [-0.1, -0.05) is 18.2 Å². The smallest absolute Gasteiger partial charge is 0.294 e. The summed E-state index contributed by atoms with van der Waals surface area (Å²) >= 11 is 2.95. The maximum absolute atomic E-state index is 6.26. The first-order chi connectivity index (χ1) is 18.7. The van der Waals surface area contributed by atoms with Gasteiger partial charge in [0, 0.05) is 28.6 Å². The van der Waals surface area contributed by atoms with Gasteiger partial charge >= 0.3 is 0 Å². The zero-order valence-corrected chi connectivity index (χ0v) is 22.0. The van der Waals surface area contributed by atoms with E-state index in [-0.39, 0.29) is 0 Å². The number of benzene rings is 2. The van der Waals surface area contributed by atoms with Crippen molar-refractivity contribution < 1.29 is 23.4 Å². The SMILES string of the molecule is COc1cc(OCc2csc(C3=CCOc4ccccc43)n2)c2cc(-c3cnc4sc(OC)nn34)oc2c1. The first-order valence-electron chi connectivity index (χ1n) is 11.7. The average Bonchev–Trinajstić information content (AvgIpc) is 3.74. The third-order valence-corrected chi connectivity index (χ3v) is 7.97. The lowest BCUT2D eigenvalue weighted by Crippen LogP contribution is -2.05. The molecule has 0 spiro atoms. The van der Waals surface area contributed by atoms with Gasteiger partial charge in [0.2, 0.25) is 4.96 Å². The van der Waals surface area contributed by atoms with E-state index in [4.69, 9.17) is 28.3 Å². The van der Waals surface area contributed by atoms with E-state index in [9.17, 15) is 0 Å². The molecule has 0 saturated carbocycles. The van der Waals surface area contributed by atoms with Crippen molar-refractivity contribution in [2.75, 3.05) is 20.8 Å². The lowest BCUT2D eigenvalue weighted by molar-refractivity contribution is 0.303. The monoisotopic (exact) mass is 544 g/mol. The van der Waals surface area contributed by atoms with E-state index >= 15 is 0 Å². The molecule has 0 atom stereocenters. The highest BCUT2D eigenvalue weighted by atomic mass is 32.1. The predicted molar refractivity (Wildman–Crippen MR) is 145 cm³/mol. The van der Waals surface area contributed by atoms with Gasteiger partial charge in [-0.05, 0) is 29.5 Å². The predicted octanol–water partition coefficient (Wildman–Crippen LogP) is 6.08. The Balaban J connectivity index is 1.18. The zero-order chi connectivity index (χ0) is 25.6. The van der Waals surface area contributed by atoms with Crippen LogP contribution in [-0.4, -0.2) is 40.4 Å². The van der Waals surface area contributed by atoms with Gasteiger partial charge in [0.05, 0.1) is 31.5 Å². The maximum Gasteiger partial charge on any atom is 0.294 e. The molecule has 0 unspecified atom stereocenters. The molecule has 9 nitrogen and oxygen atoms in total. The Morgan fingerprint density at radius 1 is 1.11 bits per heavy atom. The average molecular weight is 545 g/mol. The second-order valence-electron chi connectivity index (χ2n) is 8.42. The van der Waals surface area contributed by atoms with Gasteiger partial charge in [0.1, 0.15) is 46.7 Å². The number of rotatable bonds is 7. The third kappa shape index (κ3) is 3.87. The van der Waals surface area contributed by atoms with Gasteiger partial charge in [0.15, 0.2) is 5.76 Å². The van der Waals surface area contributed by atoms with Crippen LogP contribution in [-0.2, 0) is 6.61 Å². The first kappa shape index (κ1) is 22.8. The number of aromatic nitrogens is 4. The van der Waals surface area contributed by atoms with Gasteiger partial charge in [0.25, 0.3) is 5.19 Å². The number of hydrogen-bond donors (Lipinski definition) is 0. The van der Waals surface area contributed by atoms with Gasteiger partial charge in [-0.15, -0.1) is 16.4 Å². The Kier molecular flexibility index (Phi) is 5.52. The number of furan rings is 1. The molecule has 190 valence electrons. The van der Waals surface area contributed by atoms with Crippen molar-refractivity contribution >= 4 is 44.2 Å². The van der Waals surface area contributed by atoms with Crippen LogP contribution in [0.3, 0.4) is 0 Å². The Hall–Kier alpha value is -4.35. The van der Waals surface area contributed by atoms with Crippen LogP contribution in [0, 0.1) is 0 Å². The molecule has 2 aromatic carbocycles. The van der Waals surface area contributed by atoms with Crippen LogP contribution in [0.15, 0.2) is 64.5 Å². The van der Waals surface area contributed by atoms with E-state index in [0.717, 1.165) is 38.7 Å². The van der Waals surface area contributed by atoms with Gasteiger partial charge in [-0.3, -0.25) is 0 Å². The Labute approximate surface area is 224 Å². The summed E-state index contributed by atoms with van der Waals surface area (Å²) in [5, 5.41) is 8.73. The van der Waals surface area contributed by atoms with Crippen molar-refractivity contribution in [3.05, 3.63) is 76.4 Å². The molecule has 7 rings (SSSR count). The molecule has 1 aliphatic rings. The van der Waals surface area contributed by atoms with Crippen LogP contribution < -0.4 is 18.9 Å². The summed E-state index contributed by atoms with van der Waals surface area (Å²) < 4.78 is 30.7. The topological polar surface area (TPSA) is 93.1 Å². The lowest BCUT2D eigenvalue weighted by atomic mass is 10.0. The van der Waals surface area contributed by atoms with Crippen molar-refractivity contribution in [3.8, 4) is 33.9 Å². The Morgan fingerprint density at radius 3 is 2.92 bits per heavy atom. The molecular formula is C27H20N4O5S2. The largest absolute Gasteiger partial charge is 0.496 e. The van der Waals surface area contributed by atoms with Crippen LogP contribution >= 0.6 is 22.7 Å². The van der Waals surface area contributed by atoms with Crippen LogP contribution in [0.2, 0.25) is 0 Å². The van der Waals surface area contributed by atoms with E-state index in [2.05, 4.69) is 22.2 Å². The minimum atomic E-state index is 0.297. The van der Waals surface area contributed by atoms with Gasteiger partial charge in [-0.25, -0.2) is 9.97 Å². The minimum Gasteiger partial charge on any atom is -0.496 e. The normalized spacial score (nSPS) is 12.8. The molecule has 0 aliphatic carbocycles. The summed E-state index contributed by atoms with van der Waals surface area (Å²) in [6.45, 7) is 0.824. The van der Waals surface area contributed by atoms with Crippen molar-refractivity contribution in [1.29, 1.82) is 0 Å². The second kappa shape index (κ2) is 9.19. The summed E-state index contributed by atoms with van der Waals surface area (Å²) in [5.41, 5.74) is 4.32. The van der Waals surface area contributed by atoms with E-state index < -0.39 is 0 Å². The fourth-order valence-electron chi connectivity index (χ4n) is 4.36. The Bertz CT molecular complexity index is 1830. The number of ether oxygens (including phenoxy) is 4. The molecule has 0 fully saturated rings. The Morgan fingerprint density at radius 2 is 2.03 bits per heavy atom. The van der Waals surface area contributed by atoms with Crippen LogP contribution in [0.1, 0.15) is 16.3 Å². The summed E-state index contributed by atoms with van der Waals surface area (Å²) in [6, 6.07) is 13.6. The molecule has 0 bridgehead atoms. The van der Waals surface area contributed by atoms with Crippen molar-refractivity contribution in [2.24, 2.45) is 0 Å². The fourth-order valence-corrected chi connectivity index (χ4v) is 5.91. The molecule has 0 radical (unpaired) electrons. The number of hydrogen-bond acceptors (Lipinski definition) is 10. The highest BCUT2D eigenvalue weighted by molar-refractivity contribution is 7.18. The quantitative estimate of drug-likeness (QED) is 0.239. The number of methoxy groups -OCH3 is 2. The number of para-hydroxylation sites is 1. The number of fused-ring (bicyclic) bond motifs is 3. The summed E-state index contributed by atoms with van der Waals surface area (Å²) in [4.78, 5) is 9.99. The van der Waals surface area contributed by atoms with E-state index in [1.54, 1.807) is 36.3 Å². The molecule has 11 heteroatoms. The molecule has 0 saturated heterocycles. The molecule has 4 aromatic heterocycles. The first-order valence-corrected chi connectivity index (χ1v) is 13.4. The van der Waals surface area contributed by atoms with Crippen LogP contribution in [0.25, 0.3) is 33.0 Å². The summed E-state index contributed by atoms with van der Waals surface area (Å²) in [7, 11) is 3.20. The molecule has 1 aliphatic heterocycles. The highest BCUT2D eigenvalue weighted by Gasteiger charge is 2.20. The zero-order valence-electron chi connectivity index (χ0n) is 20.3. The minimum absolute atomic E-state index is 0.297. The number of nitrogens with zero attached hydrogens (tertiary/aromatic N) is 4. The summed E-state index contributed by atoms with van der Waals surface area (Å²) in [6.07, 6.45) is 3.80. The number of thiazole rings is 1. The van der Waals surface area contributed by atoms with Crippen molar-refractivity contribution in [1.82, 2.24) is 19.6 Å². The third-order valence-electron chi connectivity index (χ3n) is 6.16. The molecule has 0 N–H and O–H groups in total. The number of imidazole rings is 1. The van der Waals surface area contributed by atoms with Gasteiger partial charge in [-0.2, -0.15) is 4.52 Å². The molecule has 0 amide bonds. The lowest BCUT2D eigenvalue weighted by Gasteiger charge is -2.16. The summed E-state index contributed by atoms with van der Waals surface area (Å²) in [5.74, 6) is 2.75. The van der Waals surface area contributed by atoms with E-state index in [1.807, 2.05) is 41.8 Å². The van der Waals surface area contributed by atoms with Crippen molar-refractivity contribution in [2.45, 2.75) is 6.61 Å². The van der Waals surface area contributed by atoms with E-state index in [0.29, 0.717) is 46.2 Å².